The zero-order valence-electron chi connectivity index (χ0n) is 18.0. The van der Waals surface area contributed by atoms with Gasteiger partial charge in [0, 0.05) is 23.4 Å². The lowest BCUT2D eigenvalue weighted by atomic mass is 9.95. The number of halogens is 1. The van der Waals surface area contributed by atoms with Gasteiger partial charge in [-0.05, 0) is 68.1 Å². The Bertz CT molecular complexity index is 823. The summed E-state index contributed by atoms with van der Waals surface area (Å²) in [4.78, 5) is 12.3. The maximum absolute atomic E-state index is 14.9. The van der Waals surface area contributed by atoms with Crippen molar-refractivity contribution in [3.05, 3.63) is 65.7 Å². The second kappa shape index (κ2) is 9.86. The molecule has 0 unspecified atom stereocenters. The average molecular weight is 430 g/mol. The van der Waals surface area contributed by atoms with E-state index in [0.29, 0.717) is 12.0 Å². The number of hydrogen-bond acceptors (Lipinski definition) is 3. The molecule has 1 amide bonds. The van der Waals surface area contributed by atoms with Crippen LogP contribution in [-0.2, 0) is 11.2 Å². The lowest BCUT2D eigenvalue weighted by Gasteiger charge is -2.28. The zero-order valence-corrected chi connectivity index (χ0v) is 19.0. The third kappa shape index (κ3) is 5.56. The number of hydrogen-bond donors (Lipinski definition) is 2. The van der Waals surface area contributed by atoms with E-state index in [9.17, 15) is 14.0 Å². The van der Waals surface area contributed by atoms with Gasteiger partial charge in [-0.3, -0.25) is 4.79 Å². The highest BCUT2D eigenvalue weighted by Gasteiger charge is 2.50. The fourth-order valence-corrected chi connectivity index (χ4v) is 7.23. The van der Waals surface area contributed by atoms with E-state index in [4.69, 9.17) is 4.74 Å². The molecule has 0 spiro atoms. The number of amides is 1. The van der Waals surface area contributed by atoms with Gasteiger partial charge in [-0.1, -0.05) is 37.3 Å². The predicted octanol–water partition coefficient (Wildman–Crippen LogP) is 5.20. The Hall–Kier alpha value is -2.02. The van der Waals surface area contributed by atoms with Gasteiger partial charge in [-0.25, -0.2) is 0 Å². The molecule has 4 nitrogen and oxygen atoms in total. The van der Waals surface area contributed by atoms with Gasteiger partial charge < -0.3 is 19.3 Å². The molecule has 1 saturated heterocycles. The van der Waals surface area contributed by atoms with Crippen LogP contribution >= 0.6 is 0 Å². The van der Waals surface area contributed by atoms with Crippen LogP contribution in [0.3, 0.4) is 0 Å². The first-order valence-electron chi connectivity index (χ1n) is 10.7. The molecule has 2 aromatic rings. The molecule has 0 aromatic heterocycles. The summed E-state index contributed by atoms with van der Waals surface area (Å²) in [5.74, 6) is 0.0214. The summed E-state index contributed by atoms with van der Waals surface area (Å²) in [6.45, 7) is 5.60. The molecule has 6 heteroatoms. The maximum Gasteiger partial charge on any atom is 0.255 e. The van der Waals surface area contributed by atoms with Gasteiger partial charge in [0.25, 0.3) is 5.91 Å². The van der Waals surface area contributed by atoms with Gasteiger partial charge in [0.2, 0.25) is 8.41 Å². The lowest BCUT2D eigenvalue weighted by molar-refractivity contribution is 0.0193. The highest BCUT2D eigenvalue weighted by atomic mass is 28.4. The largest absolute Gasteiger partial charge is 0.396 e. The summed E-state index contributed by atoms with van der Waals surface area (Å²) in [5, 5.41) is 12.2. The van der Waals surface area contributed by atoms with Gasteiger partial charge in [-0.2, -0.15) is 0 Å². The number of aryl methyl sites for hydroxylation is 1. The van der Waals surface area contributed by atoms with Gasteiger partial charge in [-0.15, -0.1) is 0 Å². The van der Waals surface area contributed by atoms with Crippen LogP contribution < -0.4 is 5.32 Å². The van der Waals surface area contributed by atoms with Crippen molar-refractivity contribution in [2.75, 3.05) is 11.9 Å². The van der Waals surface area contributed by atoms with E-state index in [-0.39, 0.29) is 36.2 Å². The van der Waals surface area contributed by atoms with E-state index in [1.807, 2.05) is 42.5 Å². The smallest absolute Gasteiger partial charge is 0.255 e. The quantitative estimate of drug-likeness (QED) is 0.448. The zero-order chi connectivity index (χ0) is 21.7. The van der Waals surface area contributed by atoms with E-state index in [1.165, 1.54) is 0 Å². The number of carbonyl (C=O) groups excluding carboxylic acids is 1. The minimum absolute atomic E-state index is 0.00605. The van der Waals surface area contributed by atoms with Crippen molar-refractivity contribution < 1.29 is 18.7 Å². The highest BCUT2D eigenvalue weighted by molar-refractivity contribution is 6.72. The van der Waals surface area contributed by atoms with Crippen molar-refractivity contribution >= 4 is 20.0 Å². The number of rotatable bonds is 8. The molecule has 0 aliphatic carbocycles. The van der Waals surface area contributed by atoms with E-state index >= 15 is 0 Å². The molecule has 3 rings (SSSR count). The SMILES string of the molecule is C[C@H]1[C@H]([Si](C)(C)F)[C@@H](CCO)O[C@H]1CCc1ccc(NC(=O)c2ccccc2)cc1. The Morgan fingerprint density at radius 1 is 1.07 bits per heavy atom. The molecule has 1 aliphatic rings. The first kappa shape index (κ1) is 22.7. The van der Waals surface area contributed by atoms with E-state index < -0.39 is 8.41 Å². The fraction of sp³-hybridized carbons (Fsp3) is 0.458. The molecule has 30 heavy (non-hydrogen) atoms. The topological polar surface area (TPSA) is 58.6 Å². The summed E-state index contributed by atoms with van der Waals surface area (Å²) >= 11 is 0. The molecule has 4 atom stereocenters. The lowest BCUT2D eigenvalue weighted by Crippen LogP contribution is -2.36. The number of benzene rings is 2. The Balaban J connectivity index is 1.56. The van der Waals surface area contributed by atoms with Crippen molar-refractivity contribution in [1.82, 2.24) is 0 Å². The summed E-state index contributed by atoms with van der Waals surface area (Å²) in [5.41, 5.74) is 2.46. The first-order chi connectivity index (χ1) is 14.3. The number of nitrogens with one attached hydrogen (secondary N) is 1. The minimum Gasteiger partial charge on any atom is -0.396 e. The van der Waals surface area contributed by atoms with Gasteiger partial charge in [0.1, 0.15) is 0 Å². The molecule has 2 aromatic carbocycles. The molecule has 2 N–H and O–H groups in total. The highest BCUT2D eigenvalue weighted by Crippen LogP contribution is 2.46. The Kier molecular flexibility index (Phi) is 7.44. The van der Waals surface area contributed by atoms with Crippen LogP contribution in [0.2, 0.25) is 18.6 Å². The van der Waals surface area contributed by atoms with Crippen LogP contribution in [0.15, 0.2) is 54.6 Å². The molecular formula is C24H32FNO3Si. The van der Waals surface area contributed by atoms with E-state index in [0.717, 1.165) is 24.1 Å². The summed E-state index contributed by atoms with van der Waals surface area (Å²) in [6.07, 6.45) is 1.97. The second-order valence-electron chi connectivity index (χ2n) is 8.73. The molecule has 1 heterocycles. The average Bonchev–Trinajstić information content (AvgIpc) is 3.03. The Morgan fingerprint density at radius 2 is 1.73 bits per heavy atom. The summed E-state index contributed by atoms with van der Waals surface area (Å²) in [7, 11) is -2.87. The third-order valence-electron chi connectivity index (χ3n) is 6.07. The second-order valence-corrected chi connectivity index (χ2v) is 12.5. The van der Waals surface area contributed by atoms with E-state index in [2.05, 4.69) is 12.2 Å². The van der Waals surface area contributed by atoms with Crippen LogP contribution in [0, 0.1) is 5.92 Å². The molecule has 1 aliphatic heterocycles. The standard InChI is InChI=1S/C24H32FNO3Si/c1-17-21(29-22(15-16-27)23(17)30(2,3)25)14-11-18-9-12-20(13-10-18)26-24(28)19-7-5-4-6-8-19/h4-10,12-13,17,21-23,27H,11,14-16H2,1-3H3,(H,26,28)/t17-,21+,22-,23+/m1/s1. The van der Waals surface area contributed by atoms with Crippen LogP contribution in [0.25, 0.3) is 0 Å². The first-order valence-corrected chi connectivity index (χ1v) is 13.7. The molecule has 162 valence electrons. The number of carbonyl (C=O) groups is 1. The molecule has 0 radical (unpaired) electrons. The number of aliphatic hydroxyl groups excluding tert-OH is 1. The molecule has 1 fully saturated rings. The van der Waals surface area contributed by atoms with Crippen LogP contribution in [0.4, 0.5) is 9.80 Å². The van der Waals surface area contributed by atoms with Crippen LogP contribution in [0.5, 0.6) is 0 Å². The van der Waals surface area contributed by atoms with Crippen molar-refractivity contribution in [3.8, 4) is 0 Å². The van der Waals surface area contributed by atoms with Gasteiger partial charge in [0.15, 0.2) is 0 Å². The number of aliphatic hydroxyl groups is 1. The van der Waals surface area contributed by atoms with Crippen molar-refractivity contribution in [1.29, 1.82) is 0 Å². The predicted molar refractivity (Wildman–Crippen MR) is 121 cm³/mol. The van der Waals surface area contributed by atoms with Gasteiger partial charge in [0.05, 0.1) is 12.2 Å². The monoisotopic (exact) mass is 429 g/mol. The summed E-state index contributed by atoms with van der Waals surface area (Å²) in [6, 6.07) is 17.0. The van der Waals surface area contributed by atoms with Crippen molar-refractivity contribution in [2.24, 2.45) is 5.92 Å². The Morgan fingerprint density at radius 3 is 2.33 bits per heavy atom. The Labute approximate surface area is 179 Å². The minimum atomic E-state index is -2.87. The van der Waals surface area contributed by atoms with Crippen molar-refractivity contribution in [2.45, 2.75) is 57.0 Å². The molecule has 0 bridgehead atoms. The number of anilines is 1. The van der Waals surface area contributed by atoms with Gasteiger partial charge >= 0.3 is 0 Å². The van der Waals surface area contributed by atoms with Crippen LogP contribution in [-0.4, -0.2) is 38.2 Å². The third-order valence-corrected chi connectivity index (χ3v) is 8.56. The molecule has 0 saturated carbocycles. The maximum atomic E-state index is 14.9. The molecular weight excluding hydrogens is 397 g/mol. The summed E-state index contributed by atoms with van der Waals surface area (Å²) < 4.78 is 21.0. The number of ether oxygens (including phenoxy) is 1. The normalized spacial score (nSPS) is 24.0. The fourth-order valence-electron chi connectivity index (χ4n) is 4.63. The van der Waals surface area contributed by atoms with Crippen molar-refractivity contribution in [3.63, 3.8) is 0 Å². The van der Waals surface area contributed by atoms with E-state index in [1.54, 1.807) is 25.2 Å². The van der Waals surface area contributed by atoms with Crippen LogP contribution in [0.1, 0.15) is 35.7 Å².